The molecule has 1 atom stereocenters. The predicted molar refractivity (Wildman–Crippen MR) is 109 cm³/mol. The van der Waals surface area contributed by atoms with Gasteiger partial charge in [-0.25, -0.2) is 4.98 Å². The number of benzene rings is 1. The van der Waals surface area contributed by atoms with Gasteiger partial charge in [-0.2, -0.15) is 0 Å². The number of likely N-dealkylation sites (tertiary alicyclic amines) is 1. The molecular formula is C22H24N4O3. The maximum absolute atomic E-state index is 12.7. The van der Waals surface area contributed by atoms with Crippen molar-refractivity contribution in [3.05, 3.63) is 58.8 Å². The van der Waals surface area contributed by atoms with Crippen LogP contribution in [0.1, 0.15) is 56.0 Å². The first-order valence-corrected chi connectivity index (χ1v) is 9.98. The Labute approximate surface area is 169 Å². The van der Waals surface area contributed by atoms with Gasteiger partial charge in [-0.1, -0.05) is 18.2 Å². The van der Waals surface area contributed by atoms with Gasteiger partial charge in [-0.15, -0.1) is 0 Å². The molecule has 3 N–H and O–H groups in total. The van der Waals surface area contributed by atoms with Crippen molar-refractivity contribution in [2.45, 2.75) is 25.7 Å². The van der Waals surface area contributed by atoms with E-state index in [1.165, 1.54) is 0 Å². The third-order valence-electron chi connectivity index (χ3n) is 5.67. The number of pyridine rings is 1. The Bertz CT molecular complexity index is 972. The van der Waals surface area contributed by atoms with Crippen molar-refractivity contribution in [3.8, 4) is 0 Å². The maximum Gasteiger partial charge on any atom is 0.272 e. The molecule has 1 aliphatic heterocycles. The second kappa shape index (κ2) is 8.03. The summed E-state index contributed by atoms with van der Waals surface area (Å²) in [6.45, 7) is 1.74. The molecule has 2 amide bonds. The fourth-order valence-electron chi connectivity index (χ4n) is 4.18. The SMILES string of the molecule is Nc1cccc(C(=O)N2CCCC(CNC(=O)c3cccc4c3CCC4=O)C2)n1. The predicted octanol–water partition coefficient (Wildman–Crippen LogP) is 2.07. The summed E-state index contributed by atoms with van der Waals surface area (Å²) in [7, 11) is 0. The molecule has 150 valence electrons. The molecule has 1 saturated heterocycles. The van der Waals surface area contributed by atoms with Gasteiger partial charge >= 0.3 is 0 Å². The monoisotopic (exact) mass is 392 g/mol. The van der Waals surface area contributed by atoms with E-state index in [9.17, 15) is 14.4 Å². The van der Waals surface area contributed by atoms with Gasteiger partial charge in [0.1, 0.15) is 11.5 Å². The lowest BCUT2D eigenvalue weighted by atomic mass is 9.97. The van der Waals surface area contributed by atoms with Crippen LogP contribution in [0.3, 0.4) is 0 Å². The highest BCUT2D eigenvalue weighted by molar-refractivity contribution is 6.05. The Kier molecular flexibility index (Phi) is 5.29. The Balaban J connectivity index is 1.37. The fraction of sp³-hybridized carbons (Fsp3) is 0.364. The molecule has 0 spiro atoms. The first-order chi connectivity index (χ1) is 14.0. The average molecular weight is 392 g/mol. The molecule has 7 heteroatoms. The molecule has 1 aromatic heterocycles. The number of fused-ring (bicyclic) bond motifs is 1. The number of piperidine rings is 1. The van der Waals surface area contributed by atoms with E-state index < -0.39 is 0 Å². The number of hydrogen-bond acceptors (Lipinski definition) is 5. The van der Waals surface area contributed by atoms with Crippen molar-refractivity contribution in [3.63, 3.8) is 0 Å². The van der Waals surface area contributed by atoms with Gasteiger partial charge in [-0.3, -0.25) is 14.4 Å². The number of aromatic nitrogens is 1. The lowest BCUT2D eigenvalue weighted by Gasteiger charge is -2.32. The number of nitrogen functional groups attached to an aromatic ring is 1. The first-order valence-electron chi connectivity index (χ1n) is 9.98. The largest absolute Gasteiger partial charge is 0.384 e. The minimum absolute atomic E-state index is 0.103. The molecular weight excluding hydrogens is 368 g/mol. The number of nitrogens with zero attached hydrogens (tertiary/aromatic N) is 2. The smallest absolute Gasteiger partial charge is 0.272 e. The minimum Gasteiger partial charge on any atom is -0.384 e. The maximum atomic E-state index is 12.7. The van der Waals surface area contributed by atoms with Crippen molar-refractivity contribution < 1.29 is 14.4 Å². The number of nitrogens with two attached hydrogens (primary N) is 1. The van der Waals surface area contributed by atoms with E-state index >= 15 is 0 Å². The number of ketones is 1. The van der Waals surface area contributed by atoms with Gasteiger partial charge in [0.05, 0.1) is 0 Å². The summed E-state index contributed by atoms with van der Waals surface area (Å²) < 4.78 is 0. The Hall–Kier alpha value is -3.22. The van der Waals surface area contributed by atoms with Crippen LogP contribution in [0.5, 0.6) is 0 Å². The van der Waals surface area contributed by atoms with Gasteiger partial charge in [0.15, 0.2) is 5.78 Å². The first kappa shape index (κ1) is 19.1. The second-order valence-electron chi connectivity index (χ2n) is 7.67. The summed E-state index contributed by atoms with van der Waals surface area (Å²) in [5, 5.41) is 3.00. The van der Waals surface area contributed by atoms with Crippen LogP contribution in [0, 0.1) is 5.92 Å². The van der Waals surface area contributed by atoms with Crippen LogP contribution in [0.4, 0.5) is 5.82 Å². The van der Waals surface area contributed by atoms with Crippen LogP contribution in [0.2, 0.25) is 0 Å². The van der Waals surface area contributed by atoms with Crippen LogP contribution in [0.25, 0.3) is 0 Å². The van der Waals surface area contributed by atoms with E-state index in [-0.39, 0.29) is 23.5 Å². The number of amides is 2. The third-order valence-corrected chi connectivity index (χ3v) is 5.67. The van der Waals surface area contributed by atoms with Crippen molar-refractivity contribution >= 4 is 23.4 Å². The fourth-order valence-corrected chi connectivity index (χ4v) is 4.18. The third kappa shape index (κ3) is 3.99. The van der Waals surface area contributed by atoms with Crippen LogP contribution in [-0.4, -0.2) is 47.1 Å². The topological polar surface area (TPSA) is 105 Å². The molecule has 1 aromatic carbocycles. The number of nitrogens with one attached hydrogen (secondary N) is 1. The number of anilines is 1. The molecule has 4 rings (SSSR count). The van der Waals surface area contributed by atoms with Crippen LogP contribution in [-0.2, 0) is 6.42 Å². The highest BCUT2D eigenvalue weighted by Crippen LogP contribution is 2.25. The quantitative estimate of drug-likeness (QED) is 0.829. The Morgan fingerprint density at radius 1 is 1.17 bits per heavy atom. The zero-order valence-corrected chi connectivity index (χ0v) is 16.2. The molecule has 7 nitrogen and oxygen atoms in total. The highest BCUT2D eigenvalue weighted by atomic mass is 16.2. The van der Waals surface area contributed by atoms with Gasteiger partial charge in [-0.05, 0) is 48.9 Å². The van der Waals surface area contributed by atoms with Crippen LogP contribution >= 0.6 is 0 Å². The number of carbonyl (C=O) groups is 3. The van der Waals surface area contributed by atoms with Gasteiger partial charge in [0, 0.05) is 37.2 Å². The van der Waals surface area contributed by atoms with Crippen molar-refractivity contribution in [1.82, 2.24) is 15.2 Å². The standard InChI is InChI=1S/C22H24N4O3/c23-20-8-2-7-18(25-20)22(29)26-11-3-4-14(13-26)12-24-21(28)17-6-1-5-16-15(17)9-10-19(16)27/h1-2,5-8,14H,3-4,9-13H2,(H2,23,25)(H,24,28). The summed E-state index contributed by atoms with van der Waals surface area (Å²) in [5.74, 6) is 0.318. The lowest BCUT2D eigenvalue weighted by Crippen LogP contribution is -2.44. The van der Waals surface area contributed by atoms with E-state index in [4.69, 9.17) is 5.73 Å². The van der Waals surface area contributed by atoms with E-state index in [0.717, 1.165) is 18.4 Å². The summed E-state index contributed by atoms with van der Waals surface area (Å²) in [6.07, 6.45) is 2.91. The number of carbonyl (C=O) groups excluding carboxylic acids is 3. The zero-order valence-electron chi connectivity index (χ0n) is 16.2. The Morgan fingerprint density at radius 2 is 2.00 bits per heavy atom. The molecule has 0 radical (unpaired) electrons. The molecule has 29 heavy (non-hydrogen) atoms. The highest BCUT2D eigenvalue weighted by Gasteiger charge is 2.27. The average Bonchev–Trinajstić information content (AvgIpc) is 3.13. The summed E-state index contributed by atoms with van der Waals surface area (Å²) in [6, 6.07) is 10.4. The van der Waals surface area contributed by atoms with Gasteiger partial charge in [0.2, 0.25) is 0 Å². The molecule has 0 saturated carbocycles. The van der Waals surface area contributed by atoms with Crippen LogP contribution in [0.15, 0.2) is 36.4 Å². The number of rotatable bonds is 4. The van der Waals surface area contributed by atoms with Crippen LogP contribution < -0.4 is 11.1 Å². The summed E-state index contributed by atoms with van der Waals surface area (Å²) in [5.41, 5.74) is 8.14. The molecule has 1 aliphatic carbocycles. The zero-order chi connectivity index (χ0) is 20.4. The van der Waals surface area contributed by atoms with E-state index in [0.29, 0.717) is 55.1 Å². The van der Waals surface area contributed by atoms with E-state index in [1.807, 2.05) is 0 Å². The van der Waals surface area contributed by atoms with Gasteiger partial charge in [0.25, 0.3) is 11.8 Å². The molecule has 2 aliphatic rings. The summed E-state index contributed by atoms with van der Waals surface area (Å²) >= 11 is 0. The summed E-state index contributed by atoms with van der Waals surface area (Å²) in [4.78, 5) is 43.2. The molecule has 1 fully saturated rings. The molecule has 2 heterocycles. The van der Waals surface area contributed by atoms with Crippen molar-refractivity contribution in [2.75, 3.05) is 25.4 Å². The van der Waals surface area contributed by atoms with E-state index in [1.54, 1.807) is 41.3 Å². The van der Waals surface area contributed by atoms with Crippen molar-refractivity contribution in [2.24, 2.45) is 5.92 Å². The normalized spacial score (nSPS) is 18.4. The molecule has 2 aromatic rings. The second-order valence-corrected chi connectivity index (χ2v) is 7.67. The van der Waals surface area contributed by atoms with E-state index in [2.05, 4.69) is 10.3 Å². The molecule has 0 bridgehead atoms. The lowest BCUT2D eigenvalue weighted by molar-refractivity contribution is 0.0665. The number of Topliss-reactive ketones (excluding diaryl/α,β-unsaturated/α-hetero) is 1. The molecule has 1 unspecified atom stereocenters. The Morgan fingerprint density at radius 3 is 2.83 bits per heavy atom. The van der Waals surface area contributed by atoms with Gasteiger partial charge < -0.3 is 16.0 Å². The minimum atomic E-state index is -0.155. The number of hydrogen-bond donors (Lipinski definition) is 2. The van der Waals surface area contributed by atoms with Crippen molar-refractivity contribution in [1.29, 1.82) is 0 Å².